The molecule has 0 spiro atoms. The Labute approximate surface area is 180 Å². The number of fused-ring (bicyclic) bond motifs is 1. The molecule has 11 heteroatoms. The molecule has 1 aliphatic rings. The molecule has 0 radical (unpaired) electrons. The average Bonchev–Trinajstić information content (AvgIpc) is 3.24. The van der Waals surface area contributed by atoms with Gasteiger partial charge in [0.1, 0.15) is 16.7 Å². The Morgan fingerprint density at radius 2 is 2.07 bits per heavy atom. The Kier molecular flexibility index (Phi) is 5.88. The number of nitrogens with zero attached hydrogens (tertiary/aromatic N) is 4. The normalized spacial score (nSPS) is 14.4. The Bertz CT molecular complexity index is 1140. The predicted molar refractivity (Wildman–Crippen MR) is 116 cm³/mol. The minimum absolute atomic E-state index is 0.0131. The molecule has 1 amide bonds. The fourth-order valence-electron chi connectivity index (χ4n) is 3.14. The number of hydrogen-bond donors (Lipinski definition) is 1. The zero-order valence-electron chi connectivity index (χ0n) is 15.6. The molecule has 1 aliphatic heterocycles. The van der Waals surface area contributed by atoms with Gasteiger partial charge in [0.05, 0.1) is 40.6 Å². The van der Waals surface area contributed by atoms with Crippen molar-refractivity contribution < 1.29 is 14.5 Å². The summed E-state index contributed by atoms with van der Waals surface area (Å²) in [6.45, 7) is 2.25. The van der Waals surface area contributed by atoms with E-state index in [9.17, 15) is 14.9 Å². The van der Waals surface area contributed by atoms with Crippen molar-refractivity contribution >= 4 is 63.4 Å². The first-order valence-electron chi connectivity index (χ1n) is 9.04. The lowest BCUT2D eigenvalue weighted by molar-refractivity contribution is -0.384. The largest absolute Gasteiger partial charge is 0.378 e. The Hall–Kier alpha value is -3.08. The summed E-state index contributed by atoms with van der Waals surface area (Å²) in [5.74, 6) is -0.433. The Morgan fingerprint density at radius 1 is 1.27 bits per heavy atom. The van der Waals surface area contributed by atoms with Gasteiger partial charge in [0, 0.05) is 25.2 Å². The quantitative estimate of drug-likeness (QED) is 0.361. The van der Waals surface area contributed by atoms with E-state index in [1.807, 2.05) is 4.90 Å². The van der Waals surface area contributed by atoms with E-state index in [1.54, 1.807) is 24.3 Å². The molecule has 0 bridgehead atoms. The highest BCUT2D eigenvalue weighted by Gasteiger charge is 2.21. The fraction of sp³-hybridized carbons (Fsp3) is 0.211. The van der Waals surface area contributed by atoms with E-state index in [1.165, 1.54) is 18.2 Å². The van der Waals surface area contributed by atoms with Crippen LogP contribution in [0.4, 0.5) is 17.1 Å². The molecule has 1 N–H and O–H groups in total. The van der Waals surface area contributed by atoms with Gasteiger partial charge < -0.3 is 15.0 Å². The van der Waals surface area contributed by atoms with Crippen molar-refractivity contribution in [1.82, 2.24) is 8.75 Å². The van der Waals surface area contributed by atoms with Gasteiger partial charge in [-0.25, -0.2) is 0 Å². The molecule has 4 rings (SSSR count). The van der Waals surface area contributed by atoms with Gasteiger partial charge in [-0.15, -0.1) is 0 Å². The van der Waals surface area contributed by atoms with Gasteiger partial charge in [0.15, 0.2) is 0 Å². The van der Waals surface area contributed by atoms with E-state index >= 15 is 0 Å². The van der Waals surface area contributed by atoms with Crippen LogP contribution in [-0.2, 0) is 9.53 Å². The lowest BCUT2D eigenvalue weighted by Crippen LogP contribution is -2.36. The number of ether oxygens (including phenoxy) is 1. The smallest absolute Gasteiger partial charge is 0.293 e. The number of aromatic nitrogens is 2. The second-order valence-corrected chi connectivity index (χ2v) is 7.42. The monoisotopic (exact) mass is 445 g/mol. The maximum Gasteiger partial charge on any atom is 0.293 e. The van der Waals surface area contributed by atoms with E-state index < -0.39 is 10.8 Å². The fourth-order valence-corrected chi connectivity index (χ4v) is 3.89. The van der Waals surface area contributed by atoms with Crippen LogP contribution in [0, 0.1) is 10.1 Å². The van der Waals surface area contributed by atoms with Gasteiger partial charge in [-0.3, -0.25) is 14.9 Å². The summed E-state index contributed by atoms with van der Waals surface area (Å²) in [5, 5.41) is 14.6. The zero-order chi connectivity index (χ0) is 21.1. The standard InChI is InChI=1S/C19H16ClN5O4S/c20-13-3-4-14-19(23-30-22-14)18(13)21-17(26)6-2-12-1-5-15(16(11-12)25(27)28)24-7-9-29-10-8-24/h1-6,11H,7-10H2,(H,21,26)/b6-2+. The van der Waals surface area contributed by atoms with Crippen molar-refractivity contribution in [2.45, 2.75) is 0 Å². The van der Waals surface area contributed by atoms with Crippen LogP contribution in [0.2, 0.25) is 5.02 Å². The van der Waals surface area contributed by atoms with Crippen molar-refractivity contribution in [2.24, 2.45) is 0 Å². The lowest BCUT2D eigenvalue weighted by Gasteiger charge is -2.28. The van der Waals surface area contributed by atoms with Crippen LogP contribution in [0.1, 0.15) is 5.56 Å². The number of halogens is 1. The van der Waals surface area contributed by atoms with E-state index in [-0.39, 0.29) is 5.69 Å². The number of amides is 1. The third-order valence-corrected chi connectivity index (χ3v) is 5.46. The number of benzene rings is 2. The van der Waals surface area contributed by atoms with Gasteiger partial charge in [0.2, 0.25) is 5.91 Å². The van der Waals surface area contributed by atoms with Crippen LogP contribution in [0.5, 0.6) is 0 Å². The van der Waals surface area contributed by atoms with Crippen molar-refractivity contribution in [1.29, 1.82) is 0 Å². The number of nitrogens with one attached hydrogen (secondary N) is 1. The molecule has 2 aromatic carbocycles. The molecule has 2 heterocycles. The second kappa shape index (κ2) is 8.74. The lowest BCUT2D eigenvalue weighted by atomic mass is 10.1. The average molecular weight is 446 g/mol. The summed E-state index contributed by atoms with van der Waals surface area (Å²) in [6.07, 6.45) is 2.81. The van der Waals surface area contributed by atoms with E-state index in [2.05, 4.69) is 14.1 Å². The number of nitro benzene ring substituents is 1. The summed E-state index contributed by atoms with van der Waals surface area (Å²) in [6, 6.07) is 8.24. The summed E-state index contributed by atoms with van der Waals surface area (Å²) in [5.41, 5.74) is 2.60. The Morgan fingerprint density at radius 3 is 2.83 bits per heavy atom. The zero-order valence-corrected chi connectivity index (χ0v) is 17.2. The number of carbonyl (C=O) groups excluding carboxylic acids is 1. The van der Waals surface area contributed by atoms with Crippen molar-refractivity contribution in [3.8, 4) is 0 Å². The topological polar surface area (TPSA) is 110 Å². The van der Waals surface area contributed by atoms with Gasteiger partial charge in [0.25, 0.3) is 5.69 Å². The molecule has 9 nitrogen and oxygen atoms in total. The molecule has 0 aliphatic carbocycles. The van der Waals surface area contributed by atoms with Crippen LogP contribution >= 0.6 is 23.3 Å². The van der Waals surface area contributed by atoms with Gasteiger partial charge in [-0.1, -0.05) is 17.7 Å². The number of hydrogen-bond acceptors (Lipinski definition) is 8. The third-order valence-electron chi connectivity index (χ3n) is 4.60. The highest BCUT2D eigenvalue weighted by Crippen LogP contribution is 2.31. The molecule has 30 heavy (non-hydrogen) atoms. The predicted octanol–water partition coefficient (Wildman–Crippen LogP) is 3.74. The molecule has 1 saturated heterocycles. The van der Waals surface area contributed by atoms with E-state index in [4.69, 9.17) is 16.3 Å². The number of carbonyl (C=O) groups is 1. The van der Waals surface area contributed by atoms with E-state index in [0.29, 0.717) is 59.3 Å². The molecule has 154 valence electrons. The molecular formula is C19H16ClN5O4S. The summed E-state index contributed by atoms with van der Waals surface area (Å²) in [7, 11) is 0. The third kappa shape index (κ3) is 4.25. The minimum atomic E-state index is -0.433. The highest BCUT2D eigenvalue weighted by molar-refractivity contribution is 7.00. The summed E-state index contributed by atoms with van der Waals surface area (Å²) in [4.78, 5) is 25.4. The minimum Gasteiger partial charge on any atom is -0.378 e. The molecule has 0 unspecified atom stereocenters. The Balaban J connectivity index is 1.53. The van der Waals surface area contributed by atoms with Crippen LogP contribution in [0.15, 0.2) is 36.4 Å². The molecule has 1 fully saturated rings. The van der Waals surface area contributed by atoms with Crippen molar-refractivity contribution in [3.63, 3.8) is 0 Å². The number of nitro groups is 1. The molecule has 3 aromatic rings. The van der Waals surface area contributed by atoms with Crippen LogP contribution in [0.25, 0.3) is 17.1 Å². The first-order valence-corrected chi connectivity index (χ1v) is 10.1. The van der Waals surface area contributed by atoms with Crippen LogP contribution < -0.4 is 10.2 Å². The highest BCUT2D eigenvalue weighted by atomic mass is 35.5. The molecule has 1 aromatic heterocycles. The van der Waals surface area contributed by atoms with E-state index in [0.717, 1.165) is 11.7 Å². The van der Waals surface area contributed by atoms with Gasteiger partial charge in [-0.2, -0.15) is 8.75 Å². The van der Waals surface area contributed by atoms with Crippen LogP contribution in [0.3, 0.4) is 0 Å². The van der Waals surface area contributed by atoms with Crippen molar-refractivity contribution in [2.75, 3.05) is 36.5 Å². The molecule has 0 saturated carbocycles. The summed E-state index contributed by atoms with van der Waals surface area (Å²) < 4.78 is 13.6. The first kappa shape index (κ1) is 20.2. The SMILES string of the molecule is O=C(/C=C/c1ccc(N2CCOCC2)c([N+](=O)[O-])c1)Nc1c(Cl)ccc2nsnc12. The van der Waals surface area contributed by atoms with Crippen molar-refractivity contribution in [3.05, 3.63) is 57.1 Å². The maximum atomic E-state index is 12.4. The molecular weight excluding hydrogens is 430 g/mol. The first-order chi connectivity index (χ1) is 14.5. The number of anilines is 2. The van der Waals surface area contributed by atoms with Crippen LogP contribution in [-0.4, -0.2) is 45.9 Å². The number of morpholine rings is 1. The van der Waals surface area contributed by atoms with Gasteiger partial charge >= 0.3 is 0 Å². The van der Waals surface area contributed by atoms with Gasteiger partial charge in [-0.05, 0) is 29.8 Å². The summed E-state index contributed by atoms with van der Waals surface area (Å²) >= 11 is 7.20. The second-order valence-electron chi connectivity index (χ2n) is 6.48. The number of rotatable bonds is 5. The molecule has 0 atom stereocenters. The maximum absolute atomic E-state index is 12.4.